The highest BCUT2D eigenvalue weighted by atomic mass is 32.2. The van der Waals surface area contributed by atoms with Gasteiger partial charge in [-0.05, 0) is 24.6 Å². The Bertz CT molecular complexity index is 904. The first-order chi connectivity index (χ1) is 12.0. The Kier molecular flexibility index (Phi) is 5.13. The Labute approximate surface area is 150 Å². The third-order valence-corrected chi connectivity index (χ3v) is 6.48. The van der Waals surface area contributed by atoms with Crippen LogP contribution in [0.25, 0.3) is 0 Å². The van der Waals surface area contributed by atoms with Crippen LogP contribution < -0.4 is 0 Å². The van der Waals surface area contributed by atoms with E-state index in [4.69, 9.17) is 5.26 Å². The van der Waals surface area contributed by atoms with Crippen LogP contribution in [0.1, 0.15) is 22.5 Å². The van der Waals surface area contributed by atoms with Gasteiger partial charge in [-0.2, -0.15) is 9.57 Å². The molecule has 3 rings (SSSR count). The molecule has 9 heteroatoms. The van der Waals surface area contributed by atoms with Crippen molar-refractivity contribution in [1.82, 2.24) is 14.2 Å². The number of hydrogen-bond acceptors (Lipinski definition) is 6. The van der Waals surface area contributed by atoms with Gasteiger partial charge in [0.05, 0.1) is 22.0 Å². The van der Waals surface area contributed by atoms with Gasteiger partial charge in [-0.25, -0.2) is 13.4 Å². The molecule has 0 aliphatic carbocycles. The second-order valence-corrected chi connectivity index (χ2v) is 8.22. The van der Waals surface area contributed by atoms with Crippen molar-refractivity contribution < 1.29 is 13.2 Å². The molecule has 2 aromatic rings. The number of nitrogens with zero attached hydrogens (tertiary/aromatic N) is 4. The normalized spacial score (nSPS) is 16.2. The molecule has 1 amide bonds. The van der Waals surface area contributed by atoms with Gasteiger partial charge in [0, 0.05) is 31.6 Å². The van der Waals surface area contributed by atoms with E-state index in [2.05, 4.69) is 4.98 Å². The lowest BCUT2D eigenvalue weighted by atomic mass is 10.2. The fourth-order valence-corrected chi connectivity index (χ4v) is 4.73. The zero-order valence-electron chi connectivity index (χ0n) is 13.3. The summed E-state index contributed by atoms with van der Waals surface area (Å²) in [6, 6.07) is 7.93. The summed E-state index contributed by atoms with van der Waals surface area (Å²) < 4.78 is 27.0. The van der Waals surface area contributed by atoms with Gasteiger partial charge in [0.15, 0.2) is 0 Å². The number of rotatable bonds is 3. The third-order valence-electron chi connectivity index (χ3n) is 3.99. The molecule has 130 valence electrons. The molecule has 0 radical (unpaired) electrons. The summed E-state index contributed by atoms with van der Waals surface area (Å²) in [4.78, 5) is 18.1. The molecule has 0 bridgehead atoms. The second-order valence-electron chi connectivity index (χ2n) is 5.56. The number of hydrogen-bond donors (Lipinski definition) is 0. The molecule has 0 unspecified atom stereocenters. The standard InChI is InChI=1S/C16H16N4O3S2/c17-10-13-3-1-4-14(9-13)25(22,23)20-6-2-5-19(7-8-20)16(21)15-11-24-12-18-15/h1,3-4,9,11-12H,2,5-8H2. The highest BCUT2D eigenvalue weighted by Gasteiger charge is 2.29. The van der Waals surface area contributed by atoms with Crippen LogP contribution in [0.5, 0.6) is 0 Å². The second kappa shape index (κ2) is 7.31. The van der Waals surface area contributed by atoms with Gasteiger partial charge in [0.1, 0.15) is 5.69 Å². The maximum atomic E-state index is 12.8. The molecule has 1 aliphatic rings. The number of sulfonamides is 1. The molecule has 25 heavy (non-hydrogen) atoms. The molecular weight excluding hydrogens is 360 g/mol. The van der Waals surface area contributed by atoms with Crippen LogP contribution in [0.2, 0.25) is 0 Å². The highest BCUT2D eigenvalue weighted by Crippen LogP contribution is 2.19. The van der Waals surface area contributed by atoms with Gasteiger partial charge < -0.3 is 4.90 Å². The van der Waals surface area contributed by atoms with Gasteiger partial charge in [-0.1, -0.05) is 6.07 Å². The van der Waals surface area contributed by atoms with Crippen molar-refractivity contribution in [2.45, 2.75) is 11.3 Å². The minimum absolute atomic E-state index is 0.103. The number of aromatic nitrogens is 1. The van der Waals surface area contributed by atoms with E-state index in [-0.39, 0.29) is 17.3 Å². The first kappa shape index (κ1) is 17.5. The van der Waals surface area contributed by atoms with Gasteiger partial charge >= 0.3 is 0 Å². The van der Waals surface area contributed by atoms with Crippen LogP contribution in [0.15, 0.2) is 40.1 Å². The molecule has 2 heterocycles. The van der Waals surface area contributed by atoms with Crippen molar-refractivity contribution in [3.8, 4) is 6.07 Å². The van der Waals surface area contributed by atoms with E-state index in [1.54, 1.807) is 27.9 Å². The summed E-state index contributed by atoms with van der Waals surface area (Å²) in [5, 5.41) is 10.7. The fraction of sp³-hybridized carbons (Fsp3) is 0.312. The molecule has 7 nitrogen and oxygen atoms in total. The summed E-state index contributed by atoms with van der Waals surface area (Å²) >= 11 is 1.35. The first-order valence-corrected chi connectivity index (χ1v) is 10.1. The molecule has 1 fully saturated rings. The van der Waals surface area contributed by atoms with Crippen molar-refractivity contribution in [2.24, 2.45) is 0 Å². The van der Waals surface area contributed by atoms with Crippen LogP contribution in [0.3, 0.4) is 0 Å². The van der Waals surface area contributed by atoms with Crippen molar-refractivity contribution in [3.05, 3.63) is 46.4 Å². The summed E-state index contributed by atoms with van der Waals surface area (Å²) in [5.41, 5.74) is 2.29. The van der Waals surface area contributed by atoms with Crippen LogP contribution in [-0.2, 0) is 10.0 Å². The smallest absolute Gasteiger partial charge is 0.273 e. The van der Waals surface area contributed by atoms with E-state index in [1.165, 1.54) is 27.8 Å². The molecule has 1 aliphatic heterocycles. The lowest BCUT2D eigenvalue weighted by Crippen LogP contribution is -2.37. The largest absolute Gasteiger partial charge is 0.336 e. The molecule has 0 atom stereocenters. The average Bonchev–Trinajstić information content (AvgIpc) is 3.05. The monoisotopic (exact) mass is 376 g/mol. The van der Waals surface area contributed by atoms with E-state index in [9.17, 15) is 13.2 Å². The SMILES string of the molecule is N#Cc1cccc(S(=O)(=O)N2CCCN(C(=O)c3cscn3)CC2)c1. The van der Waals surface area contributed by atoms with Gasteiger partial charge in [0.2, 0.25) is 10.0 Å². The van der Waals surface area contributed by atoms with Gasteiger partial charge in [0.25, 0.3) is 5.91 Å². The van der Waals surface area contributed by atoms with Crippen LogP contribution in [-0.4, -0.2) is 54.7 Å². The zero-order valence-corrected chi connectivity index (χ0v) is 15.0. The predicted octanol–water partition coefficient (Wildman–Crippen LogP) is 1.55. The van der Waals surface area contributed by atoms with Crippen LogP contribution >= 0.6 is 11.3 Å². The minimum Gasteiger partial charge on any atom is -0.336 e. The topological polar surface area (TPSA) is 94.4 Å². The Morgan fingerprint density at radius 2 is 2.08 bits per heavy atom. The zero-order chi connectivity index (χ0) is 17.9. The molecule has 0 saturated carbocycles. The van der Waals surface area contributed by atoms with Crippen molar-refractivity contribution in [1.29, 1.82) is 5.26 Å². The Morgan fingerprint density at radius 3 is 2.80 bits per heavy atom. The Morgan fingerprint density at radius 1 is 1.24 bits per heavy atom. The van der Waals surface area contributed by atoms with E-state index in [0.29, 0.717) is 37.3 Å². The van der Waals surface area contributed by atoms with E-state index >= 15 is 0 Å². The first-order valence-electron chi connectivity index (χ1n) is 7.70. The maximum absolute atomic E-state index is 12.8. The minimum atomic E-state index is -3.69. The lowest BCUT2D eigenvalue weighted by Gasteiger charge is -2.21. The van der Waals surface area contributed by atoms with Crippen molar-refractivity contribution >= 4 is 27.3 Å². The number of carbonyl (C=O) groups is 1. The van der Waals surface area contributed by atoms with E-state index < -0.39 is 10.0 Å². The Hall–Kier alpha value is -2.28. The molecule has 1 saturated heterocycles. The molecule has 1 aromatic carbocycles. The van der Waals surface area contributed by atoms with Crippen molar-refractivity contribution in [3.63, 3.8) is 0 Å². The van der Waals surface area contributed by atoms with Crippen LogP contribution in [0.4, 0.5) is 0 Å². The van der Waals surface area contributed by atoms with Crippen LogP contribution in [0, 0.1) is 11.3 Å². The van der Waals surface area contributed by atoms with Crippen molar-refractivity contribution in [2.75, 3.05) is 26.2 Å². The number of benzene rings is 1. The summed E-state index contributed by atoms with van der Waals surface area (Å²) in [6.45, 7) is 1.35. The number of amides is 1. The summed E-state index contributed by atoms with van der Waals surface area (Å²) in [6.07, 6.45) is 0.549. The van der Waals surface area contributed by atoms with E-state index in [1.807, 2.05) is 6.07 Å². The molecular formula is C16H16N4O3S2. The fourth-order valence-electron chi connectivity index (χ4n) is 2.69. The van der Waals surface area contributed by atoms with Gasteiger partial charge in [-0.3, -0.25) is 4.79 Å². The maximum Gasteiger partial charge on any atom is 0.273 e. The third kappa shape index (κ3) is 3.71. The molecule has 0 spiro atoms. The summed E-state index contributed by atoms with van der Waals surface area (Å²) in [7, 11) is -3.69. The quantitative estimate of drug-likeness (QED) is 0.810. The average molecular weight is 376 g/mol. The predicted molar refractivity (Wildman–Crippen MR) is 92.6 cm³/mol. The van der Waals surface area contributed by atoms with Gasteiger partial charge in [-0.15, -0.1) is 11.3 Å². The number of nitriles is 1. The summed E-state index contributed by atoms with van der Waals surface area (Å²) in [5.74, 6) is -0.174. The lowest BCUT2D eigenvalue weighted by molar-refractivity contribution is 0.0759. The number of thiazole rings is 1. The molecule has 0 N–H and O–H groups in total. The van der Waals surface area contributed by atoms with E-state index in [0.717, 1.165) is 0 Å². The number of carbonyl (C=O) groups excluding carboxylic acids is 1. The Balaban J connectivity index is 1.76. The highest BCUT2D eigenvalue weighted by molar-refractivity contribution is 7.89. The molecule has 1 aromatic heterocycles.